The van der Waals surface area contributed by atoms with E-state index in [1.165, 1.54) is 17.7 Å². The number of carbonyl (C=O) groups is 1. The maximum Gasteiger partial charge on any atom is 0.163 e. The fraction of sp³-hybridized carbons (Fsp3) is 0.409. The molecule has 0 spiro atoms. The molecule has 0 unspecified atom stereocenters. The zero-order valence-corrected chi connectivity index (χ0v) is 15.6. The summed E-state index contributed by atoms with van der Waals surface area (Å²) in [5.41, 5.74) is 3.13. The number of aryl methyl sites for hydroxylation is 2. The van der Waals surface area contributed by atoms with Crippen LogP contribution in [0.1, 0.15) is 55.1 Å². The summed E-state index contributed by atoms with van der Waals surface area (Å²) < 4.78 is 18.4. The molecule has 2 aromatic carbocycles. The maximum atomic E-state index is 12.9. The molecule has 2 aromatic rings. The molecule has 134 valence electrons. The van der Waals surface area contributed by atoms with Gasteiger partial charge in [0.2, 0.25) is 0 Å². The summed E-state index contributed by atoms with van der Waals surface area (Å²) in [7, 11) is 1.69. The predicted molar refractivity (Wildman–Crippen MR) is 99.8 cm³/mol. The number of methoxy groups -OCH3 is 1. The van der Waals surface area contributed by atoms with Gasteiger partial charge in [0.25, 0.3) is 0 Å². The molecule has 0 heterocycles. The van der Waals surface area contributed by atoms with Gasteiger partial charge in [0, 0.05) is 12.0 Å². The molecule has 0 aliphatic heterocycles. The molecule has 0 amide bonds. The molecule has 0 radical (unpaired) electrons. The molecule has 0 aliphatic carbocycles. The fourth-order valence-electron chi connectivity index (χ4n) is 2.73. The van der Waals surface area contributed by atoms with Gasteiger partial charge in [-0.15, -0.1) is 0 Å². The van der Waals surface area contributed by atoms with E-state index in [4.69, 9.17) is 4.74 Å². The third kappa shape index (κ3) is 6.00. The van der Waals surface area contributed by atoms with Crippen molar-refractivity contribution < 1.29 is 13.9 Å². The van der Waals surface area contributed by atoms with Crippen LogP contribution in [-0.2, 0) is 12.8 Å². The topological polar surface area (TPSA) is 26.3 Å². The van der Waals surface area contributed by atoms with Crippen LogP contribution in [0.2, 0.25) is 0 Å². The first-order valence-corrected chi connectivity index (χ1v) is 8.73. The molecule has 0 aromatic heterocycles. The van der Waals surface area contributed by atoms with Gasteiger partial charge in [-0.3, -0.25) is 4.79 Å². The number of ketones is 1. The summed E-state index contributed by atoms with van der Waals surface area (Å²) in [6, 6.07) is 11.9. The van der Waals surface area contributed by atoms with E-state index in [1.807, 2.05) is 12.1 Å². The van der Waals surface area contributed by atoms with Crippen LogP contribution < -0.4 is 4.74 Å². The lowest BCUT2D eigenvalue weighted by Gasteiger charge is -2.19. The molecule has 0 N–H and O–H groups in total. The van der Waals surface area contributed by atoms with Crippen molar-refractivity contribution >= 4 is 5.78 Å². The van der Waals surface area contributed by atoms with Crippen LogP contribution in [0.4, 0.5) is 4.39 Å². The molecule has 3 heteroatoms. The van der Waals surface area contributed by atoms with Crippen molar-refractivity contribution in [1.29, 1.82) is 0 Å². The monoisotopic (exact) mass is 342 g/mol. The lowest BCUT2D eigenvalue weighted by molar-refractivity contribution is 0.0983. The summed E-state index contributed by atoms with van der Waals surface area (Å²) in [6.07, 6.45) is 3.10. The normalized spacial score (nSPS) is 11.4. The van der Waals surface area contributed by atoms with E-state index < -0.39 is 0 Å². The highest BCUT2D eigenvalue weighted by atomic mass is 19.1. The van der Waals surface area contributed by atoms with E-state index >= 15 is 0 Å². The zero-order chi connectivity index (χ0) is 18.4. The minimum absolute atomic E-state index is 0.0343. The highest BCUT2D eigenvalue weighted by Crippen LogP contribution is 2.27. The minimum Gasteiger partial charge on any atom is -0.496 e. The SMILES string of the molecule is COc1ccc(CCC(=O)c2ccc(F)cc2)cc1CCC(C)(C)C. The van der Waals surface area contributed by atoms with Crippen molar-refractivity contribution in [2.24, 2.45) is 5.41 Å². The fourth-order valence-corrected chi connectivity index (χ4v) is 2.73. The maximum absolute atomic E-state index is 12.9. The second-order valence-corrected chi connectivity index (χ2v) is 7.64. The van der Waals surface area contributed by atoms with Gasteiger partial charge >= 0.3 is 0 Å². The molecule has 0 saturated carbocycles. The van der Waals surface area contributed by atoms with Crippen LogP contribution in [0.5, 0.6) is 5.75 Å². The number of carbonyl (C=O) groups excluding carboxylic acids is 1. The van der Waals surface area contributed by atoms with Gasteiger partial charge in [-0.1, -0.05) is 32.9 Å². The quantitative estimate of drug-likeness (QED) is 0.610. The molecular weight excluding hydrogens is 315 g/mol. The second kappa shape index (κ2) is 8.28. The molecule has 0 atom stereocenters. The smallest absolute Gasteiger partial charge is 0.163 e. The van der Waals surface area contributed by atoms with Crippen molar-refractivity contribution in [2.45, 2.75) is 46.5 Å². The largest absolute Gasteiger partial charge is 0.496 e. The van der Waals surface area contributed by atoms with Gasteiger partial charge in [-0.2, -0.15) is 0 Å². The first kappa shape index (κ1) is 19.2. The van der Waals surface area contributed by atoms with Crippen molar-refractivity contribution in [1.82, 2.24) is 0 Å². The van der Waals surface area contributed by atoms with Crippen LogP contribution in [0.15, 0.2) is 42.5 Å². The van der Waals surface area contributed by atoms with Crippen LogP contribution >= 0.6 is 0 Å². The Bertz CT molecular complexity index is 712. The zero-order valence-electron chi connectivity index (χ0n) is 15.6. The van der Waals surface area contributed by atoms with Gasteiger partial charge in [-0.05, 0) is 66.1 Å². The Balaban J connectivity index is 2.04. The number of halogens is 1. The van der Waals surface area contributed by atoms with E-state index in [0.717, 1.165) is 24.2 Å². The third-order valence-corrected chi connectivity index (χ3v) is 4.30. The van der Waals surface area contributed by atoms with Gasteiger partial charge in [-0.25, -0.2) is 4.39 Å². The Kier molecular flexibility index (Phi) is 6.35. The number of benzene rings is 2. The first-order valence-electron chi connectivity index (χ1n) is 8.73. The number of Topliss-reactive ketones (excluding diaryl/α,β-unsaturated/α-hetero) is 1. The molecule has 2 nitrogen and oxygen atoms in total. The molecule has 0 aliphatic rings. The summed E-state index contributed by atoms with van der Waals surface area (Å²) in [4.78, 5) is 12.2. The van der Waals surface area contributed by atoms with Gasteiger partial charge in [0.1, 0.15) is 11.6 Å². The Labute approximate surface area is 150 Å². The highest BCUT2D eigenvalue weighted by molar-refractivity contribution is 5.96. The number of hydrogen-bond donors (Lipinski definition) is 0. The van der Waals surface area contributed by atoms with Crippen molar-refractivity contribution in [3.63, 3.8) is 0 Å². The molecule has 0 bridgehead atoms. The van der Waals surface area contributed by atoms with Gasteiger partial charge in [0.15, 0.2) is 5.78 Å². The molecule has 25 heavy (non-hydrogen) atoms. The van der Waals surface area contributed by atoms with Crippen LogP contribution in [0, 0.1) is 11.2 Å². The Hall–Kier alpha value is -2.16. The molecule has 0 fully saturated rings. The van der Waals surface area contributed by atoms with E-state index in [2.05, 4.69) is 26.8 Å². The van der Waals surface area contributed by atoms with Crippen LogP contribution in [0.3, 0.4) is 0 Å². The molecule has 2 rings (SSSR count). The van der Waals surface area contributed by atoms with Crippen LogP contribution in [-0.4, -0.2) is 12.9 Å². The number of hydrogen-bond acceptors (Lipinski definition) is 2. The molecular formula is C22H27FO2. The van der Waals surface area contributed by atoms with Crippen molar-refractivity contribution in [3.8, 4) is 5.75 Å². The highest BCUT2D eigenvalue weighted by Gasteiger charge is 2.13. The second-order valence-electron chi connectivity index (χ2n) is 7.64. The van der Waals surface area contributed by atoms with Gasteiger partial charge < -0.3 is 4.74 Å². The third-order valence-electron chi connectivity index (χ3n) is 4.30. The average molecular weight is 342 g/mol. The first-order chi connectivity index (χ1) is 11.8. The summed E-state index contributed by atoms with van der Waals surface area (Å²) in [6.45, 7) is 6.68. The Morgan fingerprint density at radius 3 is 2.32 bits per heavy atom. The lowest BCUT2D eigenvalue weighted by atomic mass is 9.88. The van der Waals surface area contributed by atoms with Crippen molar-refractivity contribution in [2.75, 3.05) is 7.11 Å². The van der Waals surface area contributed by atoms with E-state index in [0.29, 0.717) is 18.4 Å². The van der Waals surface area contributed by atoms with Crippen molar-refractivity contribution in [3.05, 3.63) is 65.0 Å². The lowest BCUT2D eigenvalue weighted by Crippen LogP contribution is -2.07. The summed E-state index contributed by atoms with van der Waals surface area (Å²) in [5, 5.41) is 0. The van der Waals surface area contributed by atoms with Crippen LogP contribution in [0.25, 0.3) is 0 Å². The number of rotatable bonds is 7. The summed E-state index contributed by atoms with van der Waals surface area (Å²) in [5.74, 6) is 0.611. The molecule has 0 saturated heterocycles. The van der Waals surface area contributed by atoms with E-state index in [1.54, 1.807) is 19.2 Å². The Morgan fingerprint density at radius 2 is 1.72 bits per heavy atom. The average Bonchev–Trinajstić information content (AvgIpc) is 2.58. The van der Waals surface area contributed by atoms with E-state index in [-0.39, 0.29) is 17.0 Å². The minimum atomic E-state index is -0.324. The summed E-state index contributed by atoms with van der Waals surface area (Å²) >= 11 is 0. The van der Waals surface area contributed by atoms with E-state index in [9.17, 15) is 9.18 Å². The Morgan fingerprint density at radius 1 is 1.04 bits per heavy atom. The number of ether oxygens (including phenoxy) is 1. The predicted octanol–water partition coefficient (Wildman–Crippen LogP) is 5.63. The standard InChI is InChI=1S/C22H27FO2/c1-22(2,3)14-13-18-15-16(6-12-21(18)25-4)5-11-20(24)17-7-9-19(23)10-8-17/h6-10,12,15H,5,11,13-14H2,1-4H3. The van der Waals surface area contributed by atoms with Gasteiger partial charge in [0.05, 0.1) is 7.11 Å².